The zero-order chi connectivity index (χ0) is 16.8. The number of ether oxygens (including phenoxy) is 2. The Kier molecular flexibility index (Phi) is 5.61. The van der Waals surface area contributed by atoms with E-state index >= 15 is 0 Å². The first-order valence-electron chi connectivity index (χ1n) is 6.58. The molecule has 0 spiro atoms. The van der Waals surface area contributed by atoms with Gasteiger partial charge in [-0.2, -0.15) is 14.0 Å². The van der Waals surface area contributed by atoms with Gasteiger partial charge in [0.15, 0.2) is 11.5 Å². The number of rotatable bonds is 6. The smallest absolute Gasteiger partial charge is 0.387 e. The van der Waals surface area contributed by atoms with Crippen LogP contribution >= 0.6 is 11.6 Å². The Labute approximate surface area is 137 Å². The Morgan fingerprint density at radius 3 is 2.65 bits per heavy atom. The van der Waals surface area contributed by atoms with E-state index in [0.29, 0.717) is 28.4 Å². The summed E-state index contributed by atoms with van der Waals surface area (Å²) in [6.07, 6.45) is 0. The van der Waals surface area contributed by atoms with Crippen molar-refractivity contribution in [3.8, 4) is 17.6 Å². The fraction of sp³-hybridized carbons (Fsp3) is 0.188. The van der Waals surface area contributed by atoms with Gasteiger partial charge in [-0.15, -0.1) is 0 Å². The van der Waals surface area contributed by atoms with Gasteiger partial charge in [0.1, 0.15) is 6.07 Å². The van der Waals surface area contributed by atoms with Crippen LogP contribution in [0, 0.1) is 11.3 Å². The largest absolute Gasteiger partial charge is 0.493 e. The second-order valence-corrected chi connectivity index (χ2v) is 4.96. The molecule has 120 valence electrons. The summed E-state index contributed by atoms with van der Waals surface area (Å²) in [5.74, 6) is 0.169. The van der Waals surface area contributed by atoms with Crippen LogP contribution in [0.25, 0.3) is 0 Å². The topological polar surface area (TPSA) is 54.3 Å². The first kappa shape index (κ1) is 16.8. The highest BCUT2D eigenvalue weighted by atomic mass is 35.5. The fourth-order valence-electron chi connectivity index (χ4n) is 1.98. The van der Waals surface area contributed by atoms with Crippen molar-refractivity contribution in [1.82, 2.24) is 0 Å². The van der Waals surface area contributed by atoms with Crippen LogP contribution in [0.3, 0.4) is 0 Å². The molecule has 0 amide bonds. The Morgan fingerprint density at radius 1 is 1.22 bits per heavy atom. The maximum atomic E-state index is 12.4. The highest BCUT2D eigenvalue weighted by Gasteiger charge is 2.11. The molecule has 0 saturated carbocycles. The van der Waals surface area contributed by atoms with E-state index in [2.05, 4.69) is 10.1 Å². The van der Waals surface area contributed by atoms with Crippen LogP contribution in [0.1, 0.15) is 11.1 Å². The maximum Gasteiger partial charge on any atom is 0.387 e. The normalized spacial score (nSPS) is 10.3. The number of hydrogen-bond donors (Lipinski definition) is 1. The predicted octanol–water partition coefficient (Wildman–Crippen LogP) is 4.43. The van der Waals surface area contributed by atoms with Gasteiger partial charge in [0.25, 0.3) is 0 Å². The summed E-state index contributed by atoms with van der Waals surface area (Å²) >= 11 is 5.91. The third-order valence-electron chi connectivity index (χ3n) is 3.03. The van der Waals surface area contributed by atoms with Crippen molar-refractivity contribution in [1.29, 1.82) is 5.26 Å². The lowest BCUT2D eigenvalue weighted by Crippen LogP contribution is -2.06. The number of anilines is 1. The Balaban J connectivity index is 2.18. The molecular formula is C16H13ClF2N2O2. The van der Waals surface area contributed by atoms with Crippen molar-refractivity contribution in [3.05, 3.63) is 52.5 Å². The lowest BCUT2D eigenvalue weighted by atomic mass is 10.1. The lowest BCUT2D eigenvalue weighted by Gasteiger charge is -2.13. The number of nitrogens with one attached hydrogen (secondary N) is 1. The van der Waals surface area contributed by atoms with Gasteiger partial charge in [-0.3, -0.25) is 0 Å². The zero-order valence-electron chi connectivity index (χ0n) is 12.1. The second-order valence-electron chi connectivity index (χ2n) is 4.52. The third kappa shape index (κ3) is 4.47. The molecular weight excluding hydrogens is 326 g/mol. The highest BCUT2D eigenvalue weighted by Crippen LogP contribution is 2.30. The SMILES string of the molecule is COc1ccc(CNc2cc(Cl)ccc2C#N)cc1OC(F)F. The van der Waals surface area contributed by atoms with Gasteiger partial charge in [0.2, 0.25) is 0 Å². The molecule has 0 aliphatic heterocycles. The molecule has 0 aliphatic rings. The van der Waals surface area contributed by atoms with Gasteiger partial charge in [0.05, 0.1) is 18.4 Å². The van der Waals surface area contributed by atoms with Crippen molar-refractivity contribution in [2.24, 2.45) is 0 Å². The maximum absolute atomic E-state index is 12.4. The fourth-order valence-corrected chi connectivity index (χ4v) is 2.15. The number of halogens is 3. The van der Waals surface area contributed by atoms with E-state index in [4.69, 9.17) is 21.6 Å². The van der Waals surface area contributed by atoms with Crippen LogP contribution in [0.5, 0.6) is 11.5 Å². The molecule has 0 aromatic heterocycles. The first-order valence-corrected chi connectivity index (χ1v) is 6.96. The van der Waals surface area contributed by atoms with E-state index in [9.17, 15) is 8.78 Å². The molecule has 0 aliphatic carbocycles. The van der Waals surface area contributed by atoms with E-state index in [0.717, 1.165) is 0 Å². The third-order valence-corrected chi connectivity index (χ3v) is 3.26. The van der Waals surface area contributed by atoms with Gasteiger partial charge >= 0.3 is 6.61 Å². The van der Waals surface area contributed by atoms with Gasteiger partial charge in [-0.1, -0.05) is 17.7 Å². The molecule has 2 rings (SSSR count). The number of nitrogens with zero attached hydrogens (tertiary/aromatic N) is 1. The quantitative estimate of drug-likeness (QED) is 0.846. The highest BCUT2D eigenvalue weighted by molar-refractivity contribution is 6.30. The minimum atomic E-state index is -2.94. The number of hydrogen-bond acceptors (Lipinski definition) is 4. The van der Waals surface area contributed by atoms with Crippen molar-refractivity contribution in [3.63, 3.8) is 0 Å². The van der Waals surface area contributed by atoms with Gasteiger partial charge in [-0.05, 0) is 35.9 Å². The van der Waals surface area contributed by atoms with Crippen LogP contribution in [-0.2, 0) is 6.54 Å². The summed E-state index contributed by atoms with van der Waals surface area (Å²) in [5.41, 5.74) is 1.68. The summed E-state index contributed by atoms with van der Waals surface area (Å²) in [6.45, 7) is -2.64. The van der Waals surface area contributed by atoms with Crippen LogP contribution in [0.15, 0.2) is 36.4 Å². The predicted molar refractivity (Wildman–Crippen MR) is 83.1 cm³/mol. The molecule has 0 radical (unpaired) electrons. The van der Waals surface area contributed by atoms with Crippen molar-refractivity contribution >= 4 is 17.3 Å². The molecule has 0 atom stereocenters. The average Bonchev–Trinajstić information content (AvgIpc) is 2.52. The minimum Gasteiger partial charge on any atom is -0.493 e. The Morgan fingerprint density at radius 2 is 2.00 bits per heavy atom. The molecule has 0 unspecified atom stereocenters. The van der Waals surface area contributed by atoms with Crippen LogP contribution in [-0.4, -0.2) is 13.7 Å². The summed E-state index contributed by atoms with van der Waals surface area (Å²) < 4.78 is 34.2. The van der Waals surface area contributed by atoms with Gasteiger partial charge < -0.3 is 14.8 Å². The van der Waals surface area contributed by atoms with Crippen molar-refractivity contribution < 1.29 is 18.3 Å². The van der Waals surface area contributed by atoms with Gasteiger partial charge in [0, 0.05) is 11.6 Å². The van der Waals surface area contributed by atoms with Crippen LogP contribution < -0.4 is 14.8 Å². The molecule has 0 bridgehead atoms. The van der Waals surface area contributed by atoms with Gasteiger partial charge in [-0.25, -0.2) is 0 Å². The number of nitriles is 1. The molecule has 23 heavy (non-hydrogen) atoms. The standard InChI is InChI=1S/C16H13ClF2N2O2/c1-22-14-5-2-10(6-15(14)23-16(18)19)9-21-13-7-12(17)4-3-11(13)8-20/h2-7,16,21H,9H2,1H3. The minimum absolute atomic E-state index is 0.0478. The van der Waals surface area contributed by atoms with Crippen molar-refractivity contribution in [2.75, 3.05) is 12.4 Å². The number of methoxy groups -OCH3 is 1. The summed E-state index contributed by atoms with van der Waals surface area (Å²) in [4.78, 5) is 0. The van der Waals surface area contributed by atoms with Crippen molar-refractivity contribution in [2.45, 2.75) is 13.2 Å². The summed E-state index contributed by atoms with van der Waals surface area (Å²) in [7, 11) is 1.37. The monoisotopic (exact) mass is 338 g/mol. The van der Waals surface area contributed by atoms with E-state index in [1.165, 1.54) is 19.2 Å². The Bertz CT molecular complexity index is 733. The number of alkyl halides is 2. The first-order chi connectivity index (χ1) is 11.0. The van der Waals surface area contributed by atoms with E-state index in [1.807, 2.05) is 6.07 Å². The molecule has 0 heterocycles. The molecule has 7 heteroatoms. The Hall–Kier alpha value is -2.52. The van der Waals surface area contributed by atoms with E-state index in [-0.39, 0.29) is 11.5 Å². The molecule has 4 nitrogen and oxygen atoms in total. The second kappa shape index (κ2) is 7.65. The average molecular weight is 339 g/mol. The van der Waals surface area contributed by atoms with E-state index in [1.54, 1.807) is 24.3 Å². The van der Waals surface area contributed by atoms with Crippen LogP contribution in [0.2, 0.25) is 5.02 Å². The number of benzene rings is 2. The lowest BCUT2D eigenvalue weighted by molar-refractivity contribution is -0.0512. The summed E-state index contributed by atoms with van der Waals surface area (Å²) in [5, 5.41) is 12.6. The molecule has 0 saturated heterocycles. The zero-order valence-corrected chi connectivity index (χ0v) is 12.9. The molecule has 1 N–H and O–H groups in total. The molecule has 0 fully saturated rings. The molecule has 2 aromatic rings. The van der Waals surface area contributed by atoms with Crippen LogP contribution in [0.4, 0.5) is 14.5 Å². The summed E-state index contributed by atoms with van der Waals surface area (Å²) in [6, 6.07) is 11.6. The van der Waals surface area contributed by atoms with E-state index < -0.39 is 6.61 Å². The molecule has 2 aromatic carbocycles.